The lowest BCUT2D eigenvalue weighted by molar-refractivity contribution is -0.130. The van der Waals surface area contributed by atoms with Gasteiger partial charge in [-0.1, -0.05) is 60.3 Å². The fourth-order valence-electron chi connectivity index (χ4n) is 4.11. The predicted molar refractivity (Wildman–Crippen MR) is 131 cm³/mol. The molecule has 2 aromatic heterocycles. The molecule has 8 heteroatoms. The third kappa shape index (κ3) is 4.44. The number of hydrogen-bond acceptors (Lipinski definition) is 6. The van der Waals surface area contributed by atoms with Gasteiger partial charge in [0.25, 0.3) is 0 Å². The van der Waals surface area contributed by atoms with Gasteiger partial charge in [0.2, 0.25) is 5.91 Å². The molecule has 6 nitrogen and oxygen atoms in total. The predicted octanol–water partition coefficient (Wildman–Crippen LogP) is 4.13. The van der Waals surface area contributed by atoms with Gasteiger partial charge in [-0.2, -0.15) is 0 Å². The van der Waals surface area contributed by atoms with Gasteiger partial charge in [0.15, 0.2) is 11.0 Å². The van der Waals surface area contributed by atoms with Gasteiger partial charge in [-0.15, -0.1) is 21.5 Å². The summed E-state index contributed by atoms with van der Waals surface area (Å²) in [4.78, 5) is 18.3. The summed E-state index contributed by atoms with van der Waals surface area (Å²) >= 11 is 3.10. The normalized spacial score (nSPS) is 14.8. The topological polar surface area (TPSA) is 54.3 Å². The highest BCUT2D eigenvalue weighted by molar-refractivity contribution is 7.99. The largest absolute Gasteiger partial charge is 0.339 e. The van der Waals surface area contributed by atoms with Crippen LogP contribution in [0.4, 0.5) is 0 Å². The van der Waals surface area contributed by atoms with Gasteiger partial charge in [-0.3, -0.25) is 9.69 Å². The first-order valence-corrected chi connectivity index (χ1v) is 12.6. The van der Waals surface area contributed by atoms with Gasteiger partial charge in [-0.25, -0.2) is 0 Å². The van der Waals surface area contributed by atoms with Crippen LogP contribution >= 0.6 is 23.1 Å². The van der Waals surface area contributed by atoms with Crippen molar-refractivity contribution < 1.29 is 4.79 Å². The highest BCUT2D eigenvalue weighted by Crippen LogP contribution is 2.26. The summed E-state index contributed by atoms with van der Waals surface area (Å²) in [6, 6.07) is 19.1. The van der Waals surface area contributed by atoms with Crippen molar-refractivity contribution in [2.45, 2.75) is 11.7 Å². The van der Waals surface area contributed by atoms with Crippen LogP contribution in [0, 0.1) is 0 Å². The van der Waals surface area contributed by atoms with E-state index >= 15 is 0 Å². The molecule has 32 heavy (non-hydrogen) atoms. The zero-order valence-corrected chi connectivity index (χ0v) is 19.6. The van der Waals surface area contributed by atoms with Gasteiger partial charge in [0.05, 0.1) is 10.6 Å². The van der Waals surface area contributed by atoms with Gasteiger partial charge >= 0.3 is 0 Å². The molecule has 1 aliphatic rings. The van der Waals surface area contributed by atoms with Crippen molar-refractivity contribution in [3.8, 4) is 10.7 Å². The highest BCUT2D eigenvalue weighted by atomic mass is 32.2. The molecule has 0 unspecified atom stereocenters. The Morgan fingerprint density at radius 2 is 1.81 bits per heavy atom. The van der Waals surface area contributed by atoms with Gasteiger partial charge in [0.1, 0.15) is 0 Å². The molecule has 164 valence electrons. The van der Waals surface area contributed by atoms with Gasteiger partial charge in [0, 0.05) is 39.8 Å². The number of fused-ring (bicyclic) bond motifs is 1. The average Bonchev–Trinajstić information content (AvgIpc) is 3.48. The summed E-state index contributed by atoms with van der Waals surface area (Å²) in [6.45, 7) is 4.24. The van der Waals surface area contributed by atoms with E-state index in [1.165, 1.54) is 28.1 Å². The SMILES string of the molecule is Cn1c(SCC(=O)N2CCN(Cc3cccc4ccccc34)CC2)nnc1-c1cccs1. The van der Waals surface area contributed by atoms with Crippen molar-refractivity contribution in [3.63, 3.8) is 0 Å². The number of amides is 1. The van der Waals surface area contributed by atoms with E-state index in [2.05, 4.69) is 57.6 Å². The molecule has 0 bridgehead atoms. The number of nitrogens with zero attached hydrogens (tertiary/aromatic N) is 5. The van der Waals surface area contributed by atoms with Crippen molar-refractivity contribution in [2.75, 3.05) is 31.9 Å². The van der Waals surface area contributed by atoms with Gasteiger partial charge < -0.3 is 9.47 Å². The zero-order chi connectivity index (χ0) is 21.9. The first-order chi connectivity index (χ1) is 15.7. The van der Waals surface area contributed by atoms with Crippen molar-refractivity contribution in [3.05, 3.63) is 65.5 Å². The van der Waals surface area contributed by atoms with E-state index in [1.807, 2.05) is 34.0 Å². The summed E-state index contributed by atoms with van der Waals surface area (Å²) in [5.41, 5.74) is 1.35. The van der Waals surface area contributed by atoms with Gasteiger partial charge in [-0.05, 0) is 27.8 Å². The van der Waals surface area contributed by atoms with Crippen molar-refractivity contribution in [1.82, 2.24) is 24.6 Å². The van der Waals surface area contributed by atoms with Crippen LogP contribution in [0.5, 0.6) is 0 Å². The number of carbonyl (C=O) groups is 1. The van der Waals surface area contributed by atoms with Crippen LogP contribution < -0.4 is 0 Å². The molecule has 0 atom stereocenters. The van der Waals surface area contributed by atoms with Crippen LogP contribution in [-0.2, 0) is 18.4 Å². The molecule has 1 amide bonds. The lowest BCUT2D eigenvalue weighted by Gasteiger charge is -2.35. The summed E-state index contributed by atoms with van der Waals surface area (Å²) in [6.07, 6.45) is 0. The second-order valence-electron chi connectivity index (χ2n) is 7.93. The minimum absolute atomic E-state index is 0.167. The number of carbonyl (C=O) groups excluding carboxylic acids is 1. The molecule has 0 aliphatic carbocycles. The molecule has 1 fully saturated rings. The average molecular weight is 464 g/mol. The fraction of sp³-hybridized carbons (Fsp3) is 0.292. The van der Waals surface area contributed by atoms with Crippen LogP contribution in [0.3, 0.4) is 0 Å². The van der Waals surface area contributed by atoms with Crippen LogP contribution in [0.25, 0.3) is 21.5 Å². The Labute approximate surface area is 195 Å². The summed E-state index contributed by atoms with van der Waals surface area (Å²) in [5, 5.41) is 14.0. The number of piperazine rings is 1. The number of benzene rings is 2. The quantitative estimate of drug-likeness (QED) is 0.403. The molecular weight excluding hydrogens is 438 g/mol. The van der Waals surface area contributed by atoms with E-state index in [0.717, 1.165) is 48.6 Å². The number of aromatic nitrogens is 3. The van der Waals surface area contributed by atoms with Crippen LogP contribution in [0.2, 0.25) is 0 Å². The highest BCUT2D eigenvalue weighted by Gasteiger charge is 2.22. The minimum Gasteiger partial charge on any atom is -0.339 e. The molecule has 2 aromatic carbocycles. The summed E-state index contributed by atoms with van der Waals surface area (Å²) < 4.78 is 1.96. The number of hydrogen-bond donors (Lipinski definition) is 0. The molecule has 0 saturated carbocycles. The molecule has 3 heterocycles. The number of thiophene rings is 1. The van der Waals surface area contributed by atoms with E-state index in [1.54, 1.807) is 11.3 Å². The zero-order valence-electron chi connectivity index (χ0n) is 18.0. The Morgan fingerprint density at radius 1 is 1.00 bits per heavy atom. The van der Waals surface area contributed by atoms with E-state index in [-0.39, 0.29) is 5.91 Å². The molecule has 1 saturated heterocycles. The second kappa shape index (κ2) is 9.44. The fourth-order valence-corrected chi connectivity index (χ4v) is 5.66. The Balaban J connectivity index is 1.14. The Hall–Kier alpha value is -2.68. The lowest BCUT2D eigenvalue weighted by atomic mass is 10.0. The van der Waals surface area contributed by atoms with Crippen LogP contribution in [-0.4, -0.2) is 62.4 Å². The minimum atomic E-state index is 0.167. The second-order valence-corrected chi connectivity index (χ2v) is 9.82. The van der Waals surface area contributed by atoms with E-state index in [4.69, 9.17) is 0 Å². The maximum absolute atomic E-state index is 12.8. The standard InChI is InChI=1S/C24H25N5OS2/c1-27-23(21-10-5-15-31-21)25-26-24(27)32-17-22(30)29-13-11-28(12-14-29)16-19-8-4-7-18-6-2-3-9-20(18)19/h2-10,15H,11-14,16-17H2,1H3. The summed E-state index contributed by atoms with van der Waals surface area (Å²) in [7, 11) is 1.95. The van der Waals surface area contributed by atoms with E-state index < -0.39 is 0 Å². The smallest absolute Gasteiger partial charge is 0.233 e. The maximum Gasteiger partial charge on any atom is 0.233 e. The van der Waals surface area contributed by atoms with Crippen molar-refractivity contribution in [1.29, 1.82) is 0 Å². The van der Waals surface area contributed by atoms with Crippen LogP contribution in [0.15, 0.2) is 65.1 Å². The Bertz CT molecular complexity index is 1210. The lowest BCUT2D eigenvalue weighted by Crippen LogP contribution is -2.48. The van der Waals surface area contributed by atoms with E-state index in [0.29, 0.717) is 5.75 Å². The number of thioether (sulfide) groups is 1. The first kappa shape index (κ1) is 21.2. The first-order valence-electron chi connectivity index (χ1n) is 10.7. The molecule has 1 aliphatic heterocycles. The molecular formula is C24H25N5OS2. The summed E-state index contributed by atoms with van der Waals surface area (Å²) in [5.74, 6) is 1.40. The molecule has 0 spiro atoms. The monoisotopic (exact) mass is 463 g/mol. The maximum atomic E-state index is 12.8. The third-order valence-electron chi connectivity index (χ3n) is 5.90. The van der Waals surface area contributed by atoms with Crippen LogP contribution in [0.1, 0.15) is 5.56 Å². The number of rotatable bonds is 6. The molecule has 5 rings (SSSR count). The van der Waals surface area contributed by atoms with Crippen molar-refractivity contribution >= 4 is 39.8 Å². The van der Waals surface area contributed by atoms with Crippen molar-refractivity contribution in [2.24, 2.45) is 7.05 Å². The van der Waals surface area contributed by atoms with E-state index in [9.17, 15) is 4.79 Å². The Morgan fingerprint density at radius 3 is 2.62 bits per heavy atom. The third-order valence-corrected chi connectivity index (χ3v) is 7.77. The Kier molecular flexibility index (Phi) is 6.25. The molecule has 0 radical (unpaired) electrons. The molecule has 4 aromatic rings. The molecule has 0 N–H and O–H groups in total.